The van der Waals surface area contributed by atoms with Crippen molar-refractivity contribution < 1.29 is 9.59 Å². The molecule has 1 aromatic rings. The second-order valence-electron chi connectivity index (χ2n) is 5.26. The van der Waals surface area contributed by atoms with Crippen LogP contribution in [-0.2, 0) is 22.0 Å². The zero-order valence-corrected chi connectivity index (χ0v) is 12.0. The van der Waals surface area contributed by atoms with Gasteiger partial charge in [0.25, 0.3) is 0 Å². The summed E-state index contributed by atoms with van der Waals surface area (Å²) in [7, 11) is 0. The van der Waals surface area contributed by atoms with Gasteiger partial charge in [0.2, 0.25) is 11.8 Å². The smallest absolute Gasteiger partial charge is 0.230 e. The van der Waals surface area contributed by atoms with E-state index in [0.29, 0.717) is 18.7 Å². The average Bonchev–Trinajstić information content (AvgIpc) is 2.70. The van der Waals surface area contributed by atoms with Crippen molar-refractivity contribution in [3.05, 3.63) is 16.1 Å². The number of piperidine rings is 1. The summed E-state index contributed by atoms with van der Waals surface area (Å²) in [6, 6.07) is 0. The number of imide groups is 1. The Bertz CT molecular complexity index is 464. The van der Waals surface area contributed by atoms with Crippen LogP contribution in [-0.4, -0.2) is 21.7 Å². The van der Waals surface area contributed by atoms with Crippen LogP contribution in [0.25, 0.3) is 0 Å². The van der Waals surface area contributed by atoms with Crippen LogP contribution in [0.4, 0.5) is 0 Å². The van der Waals surface area contributed by atoms with Gasteiger partial charge in [0.15, 0.2) is 0 Å². The van der Waals surface area contributed by atoms with E-state index in [9.17, 15) is 9.59 Å². The highest BCUT2D eigenvalue weighted by Crippen LogP contribution is 2.32. The van der Waals surface area contributed by atoms with E-state index in [2.05, 4.69) is 4.98 Å². The number of thiazole rings is 1. The number of hydrogen-bond donors (Lipinski definition) is 0. The highest BCUT2D eigenvalue weighted by Gasteiger charge is 2.37. The summed E-state index contributed by atoms with van der Waals surface area (Å²) in [6.07, 6.45) is 0.818. The molecule has 0 atom stereocenters. The number of carbonyl (C=O) groups excluding carboxylic acids is 2. The molecule has 4 nitrogen and oxygen atoms in total. The molecule has 1 aliphatic heterocycles. The van der Waals surface area contributed by atoms with Gasteiger partial charge in [0, 0.05) is 18.2 Å². The highest BCUT2D eigenvalue weighted by molar-refractivity contribution is 7.09. The minimum Gasteiger partial charge on any atom is -0.276 e. The summed E-state index contributed by atoms with van der Waals surface area (Å²) >= 11 is 7.10. The van der Waals surface area contributed by atoms with E-state index in [1.807, 2.05) is 19.2 Å². The second-order valence-corrected chi connectivity index (χ2v) is 6.47. The van der Waals surface area contributed by atoms with Crippen molar-refractivity contribution in [3.63, 3.8) is 0 Å². The fraction of sp³-hybridized carbons (Fsp3) is 0.583. The van der Waals surface area contributed by atoms with Gasteiger partial charge in [-0.25, -0.2) is 4.98 Å². The molecule has 6 heteroatoms. The monoisotopic (exact) mass is 286 g/mol. The van der Waals surface area contributed by atoms with Gasteiger partial charge in [-0.3, -0.25) is 14.5 Å². The molecule has 18 heavy (non-hydrogen) atoms. The van der Waals surface area contributed by atoms with Gasteiger partial charge in [-0.1, -0.05) is 13.8 Å². The summed E-state index contributed by atoms with van der Waals surface area (Å²) in [5.41, 5.74) is 0.559. The number of carbonyl (C=O) groups is 2. The van der Waals surface area contributed by atoms with Crippen LogP contribution in [0.3, 0.4) is 0 Å². The Labute approximate surface area is 115 Å². The first-order chi connectivity index (χ1) is 8.41. The molecule has 2 rings (SSSR count). The van der Waals surface area contributed by atoms with Gasteiger partial charge >= 0.3 is 0 Å². The van der Waals surface area contributed by atoms with E-state index in [1.54, 1.807) is 0 Å². The first-order valence-corrected chi connectivity index (χ1v) is 7.15. The van der Waals surface area contributed by atoms with Crippen molar-refractivity contribution in [1.29, 1.82) is 0 Å². The summed E-state index contributed by atoms with van der Waals surface area (Å²) in [6.45, 7) is 4.15. The SMILES string of the molecule is CC1(C)CC(=O)N(Cc2nc(CCl)cs2)C(=O)C1. The Morgan fingerprint density at radius 1 is 1.39 bits per heavy atom. The van der Waals surface area contributed by atoms with Crippen LogP contribution >= 0.6 is 22.9 Å². The molecule has 98 valence electrons. The highest BCUT2D eigenvalue weighted by atomic mass is 35.5. The molecule has 0 unspecified atom stereocenters. The Balaban J connectivity index is 2.09. The van der Waals surface area contributed by atoms with Gasteiger partial charge in [0.05, 0.1) is 18.1 Å². The molecule has 0 N–H and O–H groups in total. The van der Waals surface area contributed by atoms with Crippen LogP contribution < -0.4 is 0 Å². The maximum absolute atomic E-state index is 12.0. The Morgan fingerprint density at radius 3 is 2.50 bits per heavy atom. The molecule has 1 aliphatic rings. The van der Waals surface area contributed by atoms with Gasteiger partial charge in [-0.2, -0.15) is 0 Å². The third-order valence-electron chi connectivity index (χ3n) is 2.89. The molecule has 0 bridgehead atoms. The predicted octanol–water partition coefficient (Wildman–Crippen LogP) is 2.56. The lowest BCUT2D eigenvalue weighted by Crippen LogP contribution is -2.45. The minimum absolute atomic E-state index is 0.112. The third kappa shape index (κ3) is 2.90. The molecule has 0 aliphatic carbocycles. The van der Waals surface area contributed by atoms with Crippen molar-refractivity contribution in [1.82, 2.24) is 9.88 Å². The molecule has 2 heterocycles. The Hall–Kier alpha value is -0.940. The van der Waals surface area contributed by atoms with Crippen molar-refractivity contribution in [2.45, 2.75) is 39.1 Å². The summed E-state index contributed by atoms with van der Waals surface area (Å²) in [5, 5.41) is 2.61. The number of nitrogens with zero attached hydrogens (tertiary/aromatic N) is 2. The number of likely N-dealkylation sites (tertiary alicyclic amines) is 1. The van der Waals surface area contributed by atoms with E-state index in [-0.39, 0.29) is 23.8 Å². The first-order valence-electron chi connectivity index (χ1n) is 5.74. The lowest BCUT2D eigenvalue weighted by atomic mass is 9.82. The van der Waals surface area contributed by atoms with Crippen molar-refractivity contribution >= 4 is 34.8 Å². The lowest BCUT2D eigenvalue weighted by Gasteiger charge is -2.34. The average molecular weight is 287 g/mol. The minimum atomic E-state index is -0.227. The third-order valence-corrected chi connectivity index (χ3v) is 4.05. The fourth-order valence-corrected chi connectivity index (χ4v) is 3.02. The van der Waals surface area contributed by atoms with E-state index in [0.717, 1.165) is 10.7 Å². The van der Waals surface area contributed by atoms with Crippen molar-refractivity contribution in [2.24, 2.45) is 5.41 Å². The molecular weight excluding hydrogens is 272 g/mol. The number of alkyl halides is 1. The molecule has 0 aromatic carbocycles. The Morgan fingerprint density at radius 2 is 2.00 bits per heavy atom. The number of halogens is 1. The van der Waals surface area contributed by atoms with E-state index in [1.165, 1.54) is 16.2 Å². The van der Waals surface area contributed by atoms with Crippen molar-refractivity contribution in [3.8, 4) is 0 Å². The van der Waals surface area contributed by atoms with Crippen LogP contribution in [0, 0.1) is 5.41 Å². The molecule has 1 saturated heterocycles. The maximum Gasteiger partial charge on any atom is 0.230 e. The summed E-state index contributed by atoms with van der Waals surface area (Å²) < 4.78 is 0. The largest absolute Gasteiger partial charge is 0.276 e. The van der Waals surface area contributed by atoms with Gasteiger partial charge in [-0.05, 0) is 5.41 Å². The summed E-state index contributed by atoms with van der Waals surface area (Å²) in [4.78, 5) is 29.5. The van der Waals surface area contributed by atoms with Crippen LogP contribution in [0.15, 0.2) is 5.38 Å². The first kappa shape index (κ1) is 13.5. The molecule has 1 aromatic heterocycles. The molecule has 2 amide bonds. The van der Waals surface area contributed by atoms with E-state index < -0.39 is 0 Å². The molecule has 0 radical (unpaired) electrons. The molecule has 0 spiro atoms. The van der Waals surface area contributed by atoms with E-state index >= 15 is 0 Å². The van der Waals surface area contributed by atoms with Crippen LogP contribution in [0.5, 0.6) is 0 Å². The number of rotatable bonds is 3. The van der Waals surface area contributed by atoms with Crippen molar-refractivity contribution in [2.75, 3.05) is 0 Å². The lowest BCUT2D eigenvalue weighted by molar-refractivity contribution is -0.153. The Kier molecular flexibility index (Phi) is 3.73. The molecule has 0 saturated carbocycles. The fourth-order valence-electron chi connectivity index (χ4n) is 2.01. The number of amides is 2. The standard InChI is InChI=1S/C12H15ClN2O2S/c1-12(2)3-10(16)15(11(17)4-12)6-9-14-8(5-13)7-18-9/h7H,3-6H2,1-2H3. The molecule has 1 fully saturated rings. The van der Waals surface area contributed by atoms with Gasteiger partial charge in [-0.15, -0.1) is 22.9 Å². The molecular formula is C12H15ClN2O2S. The zero-order chi connectivity index (χ0) is 13.3. The normalized spacial score (nSPS) is 19.4. The summed E-state index contributed by atoms with van der Waals surface area (Å²) in [5.74, 6) is 0.128. The number of hydrogen-bond acceptors (Lipinski definition) is 4. The van der Waals surface area contributed by atoms with E-state index in [4.69, 9.17) is 11.6 Å². The second kappa shape index (κ2) is 4.97. The zero-order valence-electron chi connectivity index (χ0n) is 10.4. The predicted molar refractivity (Wildman–Crippen MR) is 70.2 cm³/mol. The van der Waals surface area contributed by atoms with Crippen LogP contribution in [0.1, 0.15) is 37.4 Å². The number of aromatic nitrogens is 1. The quantitative estimate of drug-likeness (QED) is 0.634. The topological polar surface area (TPSA) is 50.3 Å². The van der Waals surface area contributed by atoms with Gasteiger partial charge < -0.3 is 0 Å². The maximum atomic E-state index is 12.0. The van der Waals surface area contributed by atoms with Gasteiger partial charge in [0.1, 0.15) is 5.01 Å². The van der Waals surface area contributed by atoms with Crippen LogP contribution in [0.2, 0.25) is 0 Å².